The Kier molecular flexibility index (Phi) is 5.74. The van der Waals surface area contributed by atoms with Crippen LogP contribution < -0.4 is 4.72 Å². The van der Waals surface area contributed by atoms with Gasteiger partial charge in [-0.1, -0.05) is 26.0 Å². The highest BCUT2D eigenvalue weighted by atomic mass is 32.2. The molecule has 0 spiro atoms. The fourth-order valence-corrected chi connectivity index (χ4v) is 4.98. The maximum atomic E-state index is 13.1. The second-order valence-corrected chi connectivity index (χ2v) is 9.23. The lowest BCUT2D eigenvalue weighted by Gasteiger charge is -2.30. The van der Waals surface area contributed by atoms with Crippen molar-refractivity contribution >= 4 is 26.6 Å². The maximum absolute atomic E-state index is 13.1. The van der Waals surface area contributed by atoms with Gasteiger partial charge in [0.15, 0.2) is 5.82 Å². The fourth-order valence-electron chi connectivity index (χ4n) is 3.98. The molecule has 4 aromatic rings. The number of methoxy groups -OCH3 is 1. The molecule has 0 atom stereocenters. The van der Waals surface area contributed by atoms with Crippen molar-refractivity contribution in [3.05, 3.63) is 60.7 Å². The first kappa shape index (κ1) is 22.0. The van der Waals surface area contributed by atoms with Gasteiger partial charge in [0.2, 0.25) is 0 Å². The molecule has 0 aliphatic heterocycles. The second-order valence-electron chi connectivity index (χ2n) is 7.55. The minimum atomic E-state index is -3.87. The zero-order chi connectivity index (χ0) is 22.9. The van der Waals surface area contributed by atoms with E-state index < -0.39 is 15.6 Å². The molecule has 0 bridgehead atoms. The summed E-state index contributed by atoms with van der Waals surface area (Å²) in [6, 6.07) is 9.16. The molecule has 3 heterocycles. The largest absolute Gasteiger partial charge is 0.374 e. The molecule has 1 N–H and O–H groups in total. The third kappa shape index (κ3) is 3.76. The van der Waals surface area contributed by atoms with E-state index in [0.717, 1.165) is 23.8 Å². The van der Waals surface area contributed by atoms with Gasteiger partial charge in [-0.05, 0) is 36.6 Å². The molecule has 0 saturated carbocycles. The normalized spacial score (nSPS) is 12.4. The number of sulfonamides is 1. The van der Waals surface area contributed by atoms with Crippen molar-refractivity contribution in [3.63, 3.8) is 0 Å². The average molecular weight is 455 g/mol. The van der Waals surface area contributed by atoms with Crippen LogP contribution in [-0.2, 0) is 27.4 Å². The van der Waals surface area contributed by atoms with Crippen LogP contribution in [0.4, 0.5) is 5.69 Å². The van der Waals surface area contributed by atoms with Gasteiger partial charge in [0.05, 0.1) is 35.4 Å². The molecule has 0 amide bonds. The van der Waals surface area contributed by atoms with Crippen LogP contribution in [0.3, 0.4) is 0 Å². The molecular formula is C22H26N6O3S. The van der Waals surface area contributed by atoms with Crippen molar-refractivity contribution in [3.8, 4) is 5.82 Å². The highest BCUT2D eigenvalue weighted by Crippen LogP contribution is 2.33. The van der Waals surface area contributed by atoms with Crippen LogP contribution in [0.2, 0.25) is 0 Å². The van der Waals surface area contributed by atoms with Crippen LogP contribution in [0.15, 0.2) is 60.0 Å². The number of aryl methyl sites for hydroxylation is 1. The summed E-state index contributed by atoms with van der Waals surface area (Å²) in [4.78, 5) is 4.40. The number of hydrogen-bond donors (Lipinski definition) is 1. The predicted octanol–water partition coefficient (Wildman–Crippen LogP) is 3.62. The molecule has 0 radical (unpaired) electrons. The lowest BCUT2D eigenvalue weighted by atomic mass is 9.89. The lowest BCUT2D eigenvalue weighted by Crippen LogP contribution is -2.27. The number of anilines is 1. The van der Waals surface area contributed by atoms with E-state index in [1.807, 2.05) is 18.2 Å². The first-order valence-corrected chi connectivity index (χ1v) is 11.8. The minimum Gasteiger partial charge on any atom is -0.374 e. The van der Waals surface area contributed by atoms with E-state index in [1.165, 1.54) is 17.1 Å². The summed E-state index contributed by atoms with van der Waals surface area (Å²) in [7, 11) is -0.404. The van der Waals surface area contributed by atoms with Crippen LogP contribution in [0, 0.1) is 0 Å². The van der Waals surface area contributed by atoms with E-state index in [1.54, 1.807) is 43.4 Å². The van der Waals surface area contributed by atoms with Gasteiger partial charge in [-0.15, -0.1) is 0 Å². The van der Waals surface area contributed by atoms with E-state index in [0.29, 0.717) is 17.0 Å². The van der Waals surface area contributed by atoms with Gasteiger partial charge in [-0.2, -0.15) is 10.2 Å². The molecule has 32 heavy (non-hydrogen) atoms. The van der Waals surface area contributed by atoms with Gasteiger partial charge in [0.25, 0.3) is 10.0 Å². The van der Waals surface area contributed by atoms with E-state index in [9.17, 15) is 8.42 Å². The Morgan fingerprint density at radius 3 is 2.62 bits per heavy atom. The number of benzene rings is 1. The van der Waals surface area contributed by atoms with Crippen LogP contribution in [0.25, 0.3) is 16.7 Å². The first-order chi connectivity index (χ1) is 15.3. The molecule has 0 unspecified atom stereocenters. The van der Waals surface area contributed by atoms with Crippen molar-refractivity contribution in [1.29, 1.82) is 0 Å². The molecule has 0 aliphatic carbocycles. The molecule has 0 fully saturated rings. The van der Waals surface area contributed by atoms with Gasteiger partial charge in [0, 0.05) is 25.7 Å². The minimum absolute atomic E-state index is 0.0351. The Hall–Kier alpha value is -3.24. The average Bonchev–Trinajstić information content (AvgIpc) is 3.44. The van der Waals surface area contributed by atoms with Gasteiger partial charge < -0.3 is 4.74 Å². The maximum Gasteiger partial charge on any atom is 0.265 e. The monoisotopic (exact) mass is 454 g/mol. The third-order valence-corrected chi connectivity index (χ3v) is 7.23. The number of pyridine rings is 1. The van der Waals surface area contributed by atoms with Crippen LogP contribution in [-0.4, -0.2) is 40.1 Å². The predicted molar refractivity (Wildman–Crippen MR) is 122 cm³/mol. The standard InChI is InChI=1S/C22H26N6O3S/c1-5-22(6-2,31-4)17-10-11-23-20(12-17)28-15-18(14-25-28)32(29,30)26-19-9-7-8-16-13-24-27(3)21(16)19/h7-15,26H,5-6H2,1-4H3. The van der Waals surface area contributed by atoms with E-state index in [4.69, 9.17) is 4.74 Å². The second kappa shape index (κ2) is 8.36. The van der Waals surface area contributed by atoms with Gasteiger partial charge in [-0.25, -0.2) is 18.1 Å². The highest BCUT2D eigenvalue weighted by molar-refractivity contribution is 7.92. The number of hydrogen-bond acceptors (Lipinski definition) is 6. The number of ether oxygens (including phenoxy) is 1. The van der Waals surface area contributed by atoms with E-state index in [2.05, 4.69) is 33.8 Å². The Morgan fingerprint density at radius 2 is 1.91 bits per heavy atom. The van der Waals surface area contributed by atoms with Crippen molar-refractivity contribution < 1.29 is 13.2 Å². The summed E-state index contributed by atoms with van der Waals surface area (Å²) < 4.78 is 37.7. The number of rotatable bonds is 8. The summed E-state index contributed by atoms with van der Waals surface area (Å²) in [5.74, 6) is 0.515. The van der Waals surface area contributed by atoms with Crippen LogP contribution >= 0.6 is 0 Å². The Bertz CT molecular complexity index is 1350. The van der Waals surface area contributed by atoms with Crippen molar-refractivity contribution in [2.45, 2.75) is 37.2 Å². The third-order valence-electron chi connectivity index (χ3n) is 5.91. The zero-order valence-corrected chi connectivity index (χ0v) is 19.3. The molecular weight excluding hydrogens is 428 g/mol. The highest BCUT2D eigenvalue weighted by Gasteiger charge is 2.28. The van der Waals surface area contributed by atoms with Gasteiger partial charge >= 0.3 is 0 Å². The van der Waals surface area contributed by atoms with Gasteiger partial charge in [-0.3, -0.25) is 9.40 Å². The van der Waals surface area contributed by atoms with Crippen LogP contribution in [0.5, 0.6) is 0 Å². The summed E-state index contributed by atoms with van der Waals surface area (Å²) in [5, 5.41) is 9.29. The van der Waals surface area contributed by atoms with Crippen molar-refractivity contribution in [2.75, 3.05) is 11.8 Å². The lowest BCUT2D eigenvalue weighted by molar-refractivity contribution is -0.0218. The molecule has 168 valence electrons. The first-order valence-electron chi connectivity index (χ1n) is 10.3. The van der Waals surface area contributed by atoms with E-state index in [-0.39, 0.29) is 4.90 Å². The number of nitrogens with zero attached hydrogens (tertiary/aromatic N) is 5. The smallest absolute Gasteiger partial charge is 0.265 e. The number of para-hydroxylation sites is 1. The molecule has 3 aromatic heterocycles. The topological polar surface area (TPSA) is 104 Å². The van der Waals surface area contributed by atoms with Crippen molar-refractivity contribution in [2.24, 2.45) is 7.05 Å². The summed E-state index contributed by atoms with van der Waals surface area (Å²) in [6.45, 7) is 4.14. The molecule has 0 saturated heterocycles. The van der Waals surface area contributed by atoms with Crippen molar-refractivity contribution in [1.82, 2.24) is 24.5 Å². The summed E-state index contributed by atoms with van der Waals surface area (Å²) >= 11 is 0. The molecule has 4 rings (SSSR count). The summed E-state index contributed by atoms with van der Waals surface area (Å²) in [6.07, 6.45) is 7.72. The van der Waals surface area contributed by atoms with Crippen LogP contribution in [0.1, 0.15) is 32.3 Å². The quantitative estimate of drug-likeness (QED) is 0.436. The molecule has 0 aliphatic rings. The molecule has 9 nitrogen and oxygen atoms in total. The molecule has 10 heteroatoms. The number of nitrogens with one attached hydrogen (secondary N) is 1. The number of aromatic nitrogens is 5. The zero-order valence-electron chi connectivity index (χ0n) is 18.5. The number of fused-ring (bicyclic) bond motifs is 1. The molecule has 1 aromatic carbocycles. The van der Waals surface area contributed by atoms with E-state index >= 15 is 0 Å². The Labute approximate surface area is 187 Å². The Balaban J connectivity index is 1.67. The van der Waals surface area contributed by atoms with Gasteiger partial charge in [0.1, 0.15) is 4.90 Å². The SMILES string of the molecule is CCC(CC)(OC)c1ccnc(-n2cc(S(=O)(=O)Nc3cccc4cnn(C)c34)cn2)c1. The Morgan fingerprint density at radius 1 is 1.12 bits per heavy atom. The fraction of sp³-hybridized carbons (Fsp3) is 0.318. The summed E-state index contributed by atoms with van der Waals surface area (Å²) in [5.41, 5.74) is 1.69.